The molecule has 1 saturated heterocycles. The van der Waals surface area contributed by atoms with Crippen molar-refractivity contribution >= 4 is 11.8 Å². The van der Waals surface area contributed by atoms with Crippen molar-refractivity contribution in [2.45, 2.75) is 13.3 Å². The fourth-order valence-corrected chi connectivity index (χ4v) is 4.24. The number of nitrogens with zero attached hydrogens (tertiary/aromatic N) is 4. The summed E-state index contributed by atoms with van der Waals surface area (Å²) in [6.45, 7) is 3.93. The largest absolute Gasteiger partial charge is 0.341 e. The molecule has 1 atom stereocenters. The minimum absolute atomic E-state index is 0.0611. The summed E-state index contributed by atoms with van der Waals surface area (Å²) in [5, 5.41) is 4.09. The average Bonchev–Trinajstić information content (AvgIpc) is 3.17. The maximum atomic E-state index is 14.1. The normalized spacial score (nSPS) is 16.8. The molecule has 0 spiro atoms. The zero-order chi connectivity index (χ0) is 22.7. The topological polar surface area (TPSA) is 58.4 Å². The van der Waals surface area contributed by atoms with Gasteiger partial charge in [-0.3, -0.25) is 14.3 Å². The number of carbonyl (C=O) groups excluding carboxylic acids is 2. The van der Waals surface area contributed by atoms with Crippen molar-refractivity contribution in [1.82, 2.24) is 19.6 Å². The first-order chi connectivity index (χ1) is 15.5. The molecule has 0 bridgehead atoms. The number of amides is 2. The van der Waals surface area contributed by atoms with E-state index in [2.05, 4.69) is 5.10 Å². The number of carbonyl (C=O) groups is 2. The number of hydrogen-bond donors (Lipinski definition) is 0. The van der Waals surface area contributed by atoms with Gasteiger partial charge in [0.05, 0.1) is 5.92 Å². The highest BCUT2D eigenvalue weighted by Crippen LogP contribution is 2.24. The van der Waals surface area contributed by atoms with Crippen molar-refractivity contribution < 1.29 is 14.0 Å². The summed E-state index contributed by atoms with van der Waals surface area (Å²) < 4.78 is 15.7. The van der Waals surface area contributed by atoms with Gasteiger partial charge in [0.2, 0.25) is 5.91 Å². The van der Waals surface area contributed by atoms with Crippen LogP contribution >= 0.6 is 0 Å². The van der Waals surface area contributed by atoms with Crippen LogP contribution < -0.4 is 0 Å². The molecule has 2 heterocycles. The summed E-state index contributed by atoms with van der Waals surface area (Å²) in [5.41, 5.74) is 2.83. The van der Waals surface area contributed by atoms with Crippen LogP contribution in [-0.4, -0.2) is 57.6 Å². The molecule has 7 heteroatoms. The highest BCUT2D eigenvalue weighted by atomic mass is 19.1. The highest BCUT2D eigenvalue weighted by molar-refractivity contribution is 5.93. The number of hydrogen-bond acceptors (Lipinski definition) is 3. The molecule has 0 saturated carbocycles. The molecule has 4 rings (SSSR count). The Labute approximate surface area is 187 Å². The van der Waals surface area contributed by atoms with E-state index in [1.165, 1.54) is 6.07 Å². The van der Waals surface area contributed by atoms with Crippen LogP contribution in [0.3, 0.4) is 0 Å². The van der Waals surface area contributed by atoms with Crippen LogP contribution in [0.4, 0.5) is 4.39 Å². The molecule has 166 valence electrons. The van der Waals surface area contributed by atoms with E-state index in [9.17, 15) is 14.0 Å². The monoisotopic (exact) mass is 434 g/mol. The van der Waals surface area contributed by atoms with Gasteiger partial charge in [-0.25, -0.2) is 4.39 Å². The Bertz CT molecular complexity index is 1110. The summed E-state index contributed by atoms with van der Waals surface area (Å²) in [7, 11) is 1.74. The number of likely N-dealkylation sites (N-methyl/N-ethyl adjacent to an activating group) is 1. The molecule has 3 aromatic rings. The molecule has 1 fully saturated rings. The number of halogens is 1. The summed E-state index contributed by atoms with van der Waals surface area (Å²) >= 11 is 0. The molecule has 32 heavy (non-hydrogen) atoms. The van der Waals surface area contributed by atoms with Gasteiger partial charge in [0.1, 0.15) is 11.5 Å². The second-order valence-electron chi connectivity index (χ2n) is 8.09. The van der Waals surface area contributed by atoms with E-state index in [1.54, 1.807) is 41.0 Å². The highest BCUT2D eigenvalue weighted by Gasteiger charge is 2.32. The SMILES string of the molecule is CCN1CCN(C(=O)c2ccnn2C)CC(Cc2ccc(-c3ccccc3F)cc2)C1=O. The van der Waals surface area contributed by atoms with Crippen LogP contribution in [0.2, 0.25) is 0 Å². The first kappa shape index (κ1) is 21.7. The zero-order valence-corrected chi connectivity index (χ0v) is 18.4. The Morgan fingerprint density at radius 2 is 1.84 bits per heavy atom. The summed E-state index contributed by atoms with van der Waals surface area (Å²) in [5.74, 6) is -0.655. The van der Waals surface area contributed by atoms with Gasteiger partial charge in [0.15, 0.2) is 0 Å². The van der Waals surface area contributed by atoms with Crippen molar-refractivity contribution in [2.75, 3.05) is 26.2 Å². The molecular weight excluding hydrogens is 407 g/mol. The molecule has 1 aliphatic rings. The van der Waals surface area contributed by atoms with E-state index in [0.717, 1.165) is 11.1 Å². The molecule has 0 N–H and O–H groups in total. The third kappa shape index (κ3) is 4.42. The van der Waals surface area contributed by atoms with Crippen LogP contribution in [-0.2, 0) is 18.3 Å². The van der Waals surface area contributed by atoms with Crippen LogP contribution in [0, 0.1) is 11.7 Å². The third-order valence-corrected chi connectivity index (χ3v) is 6.07. The number of benzene rings is 2. The summed E-state index contributed by atoms with van der Waals surface area (Å²) in [4.78, 5) is 29.8. The van der Waals surface area contributed by atoms with Gasteiger partial charge in [0, 0.05) is 45.0 Å². The molecule has 0 radical (unpaired) electrons. The molecule has 6 nitrogen and oxygen atoms in total. The summed E-state index contributed by atoms with van der Waals surface area (Å²) in [6.07, 6.45) is 2.12. The Morgan fingerprint density at radius 1 is 1.09 bits per heavy atom. The Morgan fingerprint density at radius 3 is 2.50 bits per heavy atom. The second-order valence-corrected chi connectivity index (χ2v) is 8.09. The predicted molar refractivity (Wildman–Crippen MR) is 120 cm³/mol. The maximum Gasteiger partial charge on any atom is 0.272 e. The van der Waals surface area contributed by atoms with Crippen molar-refractivity contribution in [3.05, 3.63) is 77.9 Å². The van der Waals surface area contributed by atoms with Crippen LogP contribution in [0.1, 0.15) is 23.0 Å². The van der Waals surface area contributed by atoms with E-state index in [0.29, 0.717) is 43.9 Å². The fourth-order valence-electron chi connectivity index (χ4n) is 4.24. The Balaban J connectivity index is 1.54. The van der Waals surface area contributed by atoms with Gasteiger partial charge < -0.3 is 9.80 Å². The van der Waals surface area contributed by atoms with Crippen molar-refractivity contribution in [3.8, 4) is 11.1 Å². The second kappa shape index (κ2) is 9.34. The van der Waals surface area contributed by atoms with E-state index in [4.69, 9.17) is 0 Å². The molecule has 2 amide bonds. The Kier molecular flexibility index (Phi) is 6.35. The zero-order valence-electron chi connectivity index (χ0n) is 18.4. The number of aryl methyl sites for hydroxylation is 1. The van der Waals surface area contributed by atoms with Gasteiger partial charge >= 0.3 is 0 Å². The van der Waals surface area contributed by atoms with Crippen LogP contribution in [0.5, 0.6) is 0 Å². The van der Waals surface area contributed by atoms with Gasteiger partial charge in [-0.15, -0.1) is 0 Å². The first-order valence-electron chi connectivity index (χ1n) is 10.9. The minimum atomic E-state index is -0.339. The van der Waals surface area contributed by atoms with Gasteiger partial charge in [-0.05, 0) is 36.6 Å². The van der Waals surface area contributed by atoms with E-state index >= 15 is 0 Å². The lowest BCUT2D eigenvalue weighted by atomic mass is 9.95. The van der Waals surface area contributed by atoms with Gasteiger partial charge in [0.25, 0.3) is 5.91 Å². The third-order valence-electron chi connectivity index (χ3n) is 6.07. The van der Waals surface area contributed by atoms with Crippen molar-refractivity contribution in [1.29, 1.82) is 0 Å². The van der Waals surface area contributed by atoms with Crippen LogP contribution in [0.25, 0.3) is 11.1 Å². The molecule has 1 aromatic heterocycles. The number of aromatic nitrogens is 2. The molecule has 0 aliphatic carbocycles. The van der Waals surface area contributed by atoms with Crippen LogP contribution in [0.15, 0.2) is 60.8 Å². The van der Waals surface area contributed by atoms with Gasteiger partial charge in [-0.2, -0.15) is 5.10 Å². The maximum absolute atomic E-state index is 14.1. The lowest BCUT2D eigenvalue weighted by Gasteiger charge is -2.23. The van der Waals surface area contributed by atoms with E-state index < -0.39 is 0 Å². The number of rotatable bonds is 5. The smallest absolute Gasteiger partial charge is 0.272 e. The first-order valence-corrected chi connectivity index (χ1v) is 10.9. The molecule has 1 unspecified atom stereocenters. The van der Waals surface area contributed by atoms with Gasteiger partial charge in [-0.1, -0.05) is 42.5 Å². The molecule has 1 aliphatic heterocycles. The Hall–Kier alpha value is -3.48. The van der Waals surface area contributed by atoms with E-state index in [-0.39, 0.29) is 23.5 Å². The quantitative estimate of drug-likeness (QED) is 0.619. The van der Waals surface area contributed by atoms with E-state index in [1.807, 2.05) is 42.2 Å². The van der Waals surface area contributed by atoms with Crippen molar-refractivity contribution in [3.63, 3.8) is 0 Å². The lowest BCUT2D eigenvalue weighted by molar-refractivity contribution is -0.134. The fraction of sp³-hybridized carbons (Fsp3) is 0.320. The standard InChI is InChI=1S/C25H27FN4O2/c1-3-29-14-15-30(25(32)23-12-13-27-28(23)2)17-20(24(29)31)16-18-8-10-19(11-9-18)21-6-4-5-7-22(21)26/h4-13,20H,3,14-17H2,1-2H3. The predicted octanol–water partition coefficient (Wildman–Crippen LogP) is 3.39. The molecule has 2 aromatic carbocycles. The van der Waals surface area contributed by atoms with Crippen molar-refractivity contribution in [2.24, 2.45) is 13.0 Å². The molecular formula is C25H27FN4O2. The average molecular weight is 435 g/mol. The summed E-state index contributed by atoms with van der Waals surface area (Å²) in [6, 6.07) is 16.0. The minimum Gasteiger partial charge on any atom is -0.341 e. The lowest BCUT2D eigenvalue weighted by Crippen LogP contribution is -2.38.